The smallest absolute Gasteiger partial charge is 0.270 e. The molecule has 0 radical (unpaired) electrons. The first kappa shape index (κ1) is 19.5. The van der Waals surface area contributed by atoms with Crippen LogP contribution in [0.25, 0.3) is 0 Å². The van der Waals surface area contributed by atoms with Gasteiger partial charge in [-0.2, -0.15) is 0 Å². The highest BCUT2D eigenvalue weighted by molar-refractivity contribution is 5.92. The number of hydrogen-bond acceptors (Lipinski definition) is 3. The van der Waals surface area contributed by atoms with Crippen LogP contribution in [-0.2, 0) is 13.5 Å². The molecule has 0 bridgehead atoms. The Morgan fingerprint density at radius 3 is 2.48 bits per heavy atom. The minimum Gasteiger partial charge on any atom is -0.497 e. The molecule has 1 aromatic heterocycles. The van der Waals surface area contributed by atoms with Gasteiger partial charge in [0.2, 0.25) is 0 Å². The Hall–Kier alpha value is -2.27. The quantitative estimate of drug-likeness (QED) is 0.753. The molecule has 5 heteroatoms. The Bertz CT molecular complexity index is 730. The van der Waals surface area contributed by atoms with Gasteiger partial charge in [0.25, 0.3) is 5.91 Å². The molecule has 2 heterocycles. The van der Waals surface area contributed by atoms with Gasteiger partial charge in [-0.05, 0) is 68.1 Å². The van der Waals surface area contributed by atoms with E-state index < -0.39 is 0 Å². The third-order valence-electron chi connectivity index (χ3n) is 5.62. The van der Waals surface area contributed by atoms with Gasteiger partial charge in [-0.25, -0.2) is 0 Å². The van der Waals surface area contributed by atoms with Crippen LogP contribution >= 0.6 is 0 Å². The van der Waals surface area contributed by atoms with Crippen molar-refractivity contribution in [3.05, 3.63) is 53.9 Å². The van der Waals surface area contributed by atoms with Gasteiger partial charge in [-0.15, -0.1) is 0 Å². The maximum Gasteiger partial charge on any atom is 0.270 e. The van der Waals surface area contributed by atoms with Gasteiger partial charge in [-0.3, -0.25) is 4.79 Å². The van der Waals surface area contributed by atoms with Crippen molar-refractivity contribution in [2.75, 3.05) is 40.3 Å². The molecule has 1 fully saturated rings. The van der Waals surface area contributed by atoms with Crippen LogP contribution < -0.4 is 4.74 Å². The summed E-state index contributed by atoms with van der Waals surface area (Å²) in [5, 5.41) is 0. The monoisotopic (exact) mass is 369 g/mol. The van der Waals surface area contributed by atoms with E-state index in [-0.39, 0.29) is 5.91 Å². The van der Waals surface area contributed by atoms with E-state index in [9.17, 15) is 4.79 Å². The van der Waals surface area contributed by atoms with Crippen molar-refractivity contribution < 1.29 is 9.53 Å². The first-order chi connectivity index (χ1) is 13.1. The number of likely N-dealkylation sites (tertiary alicyclic amines) is 1. The van der Waals surface area contributed by atoms with Gasteiger partial charge in [-0.1, -0.05) is 12.1 Å². The molecule has 1 saturated heterocycles. The number of amides is 1. The van der Waals surface area contributed by atoms with E-state index in [0.29, 0.717) is 5.92 Å². The van der Waals surface area contributed by atoms with Gasteiger partial charge in [0.15, 0.2) is 0 Å². The molecule has 1 aliphatic rings. The fourth-order valence-corrected chi connectivity index (χ4v) is 3.82. The van der Waals surface area contributed by atoms with Crippen LogP contribution in [0.1, 0.15) is 28.9 Å². The highest BCUT2D eigenvalue weighted by atomic mass is 16.5. The molecule has 1 amide bonds. The molecular formula is C22H31N3O2. The van der Waals surface area contributed by atoms with Crippen molar-refractivity contribution in [1.82, 2.24) is 14.4 Å². The number of rotatable bonds is 7. The topological polar surface area (TPSA) is 37.7 Å². The van der Waals surface area contributed by atoms with E-state index >= 15 is 0 Å². The van der Waals surface area contributed by atoms with Crippen LogP contribution in [0.5, 0.6) is 5.75 Å². The number of nitrogens with zero attached hydrogens (tertiary/aromatic N) is 3. The molecule has 0 saturated carbocycles. The highest BCUT2D eigenvalue weighted by Gasteiger charge is 2.23. The van der Waals surface area contributed by atoms with Crippen molar-refractivity contribution in [3.8, 4) is 5.75 Å². The zero-order valence-corrected chi connectivity index (χ0v) is 16.7. The second kappa shape index (κ2) is 9.09. The zero-order valence-electron chi connectivity index (χ0n) is 16.7. The second-order valence-electron chi connectivity index (χ2n) is 7.57. The van der Waals surface area contributed by atoms with Crippen LogP contribution in [-0.4, -0.2) is 60.6 Å². The average Bonchev–Trinajstić information content (AvgIpc) is 3.13. The molecule has 1 aliphatic heterocycles. The van der Waals surface area contributed by atoms with Crippen LogP contribution in [0.15, 0.2) is 42.6 Å². The van der Waals surface area contributed by atoms with E-state index in [1.165, 1.54) is 5.56 Å². The lowest BCUT2D eigenvalue weighted by atomic mass is 9.96. The third-order valence-corrected chi connectivity index (χ3v) is 5.62. The van der Waals surface area contributed by atoms with Gasteiger partial charge < -0.3 is 19.1 Å². The predicted molar refractivity (Wildman–Crippen MR) is 108 cm³/mol. The maximum absolute atomic E-state index is 12.6. The Balaban J connectivity index is 1.40. The van der Waals surface area contributed by atoms with Crippen LogP contribution in [0, 0.1) is 5.92 Å². The molecule has 3 rings (SSSR count). The Morgan fingerprint density at radius 1 is 1.19 bits per heavy atom. The van der Waals surface area contributed by atoms with Gasteiger partial charge >= 0.3 is 0 Å². The number of aryl methyl sites for hydroxylation is 1. The summed E-state index contributed by atoms with van der Waals surface area (Å²) in [7, 11) is 5.54. The summed E-state index contributed by atoms with van der Waals surface area (Å²) in [5.41, 5.74) is 2.11. The van der Waals surface area contributed by atoms with Crippen LogP contribution in [0.3, 0.4) is 0 Å². The van der Waals surface area contributed by atoms with Crippen molar-refractivity contribution in [2.24, 2.45) is 13.0 Å². The predicted octanol–water partition coefficient (Wildman–Crippen LogP) is 3.06. The van der Waals surface area contributed by atoms with Crippen molar-refractivity contribution >= 4 is 5.91 Å². The van der Waals surface area contributed by atoms with Crippen LogP contribution in [0.4, 0.5) is 0 Å². The van der Waals surface area contributed by atoms with E-state index in [1.807, 2.05) is 54.0 Å². The molecule has 1 aromatic carbocycles. The lowest BCUT2D eigenvalue weighted by Crippen LogP contribution is -2.40. The molecule has 0 atom stereocenters. The summed E-state index contributed by atoms with van der Waals surface area (Å²) in [6.45, 7) is 4.17. The fourth-order valence-electron chi connectivity index (χ4n) is 3.82. The largest absolute Gasteiger partial charge is 0.497 e. The third kappa shape index (κ3) is 5.13. The molecule has 0 N–H and O–H groups in total. The van der Waals surface area contributed by atoms with E-state index in [4.69, 9.17) is 4.74 Å². The number of aromatic nitrogens is 1. The minimum absolute atomic E-state index is 0.115. The number of benzene rings is 1. The van der Waals surface area contributed by atoms with Crippen molar-refractivity contribution in [1.29, 1.82) is 0 Å². The second-order valence-corrected chi connectivity index (χ2v) is 7.57. The Labute approximate surface area is 162 Å². The van der Waals surface area contributed by atoms with Gasteiger partial charge in [0, 0.05) is 33.4 Å². The number of carbonyl (C=O) groups is 1. The summed E-state index contributed by atoms with van der Waals surface area (Å²) < 4.78 is 7.10. The molecular weight excluding hydrogens is 338 g/mol. The number of ether oxygens (including phenoxy) is 1. The van der Waals surface area contributed by atoms with Crippen molar-refractivity contribution in [2.45, 2.75) is 19.3 Å². The summed E-state index contributed by atoms with van der Waals surface area (Å²) in [5.74, 6) is 1.62. The molecule has 0 spiro atoms. The van der Waals surface area contributed by atoms with E-state index in [0.717, 1.165) is 56.9 Å². The molecule has 27 heavy (non-hydrogen) atoms. The normalized spacial score (nSPS) is 15.7. The van der Waals surface area contributed by atoms with Gasteiger partial charge in [0.1, 0.15) is 11.4 Å². The SMILES string of the molecule is COc1ccc(CCN2CCC(CN(C)C(=O)c3cccn3C)CC2)cc1. The fraction of sp³-hybridized carbons (Fsp3) is 0.500. The molecule has 0 unspecified atom stereocenters. The number of methoxy groups -OCH3 is 1. The molecule has 2 aromatic rings. The Kier molecular flexibility index (Phi) is 6.56. The van der Waals surface area contributed by atoms with E-state index in [1.54, 1.807) is 7.11 Å². The number of carbonyl (C=O) groups excluding carboxylic acids is 1. The lowest BCUT2D eigenvalue weighted by molar-refractivity contribution is 0.0731. The summed E-state index contributed by atoms with van der Waals surface area (Å²) in [4.78, 5) is 17.0. The number of hydrogen-bond donors (Lipinski definition) is 0. The number of piperidine rings is 1. The zero-order chi connectivity index (χ0) is 19.2. The molecule has 146 valence electrons. The summed E-state index contributed by atoms with van der Waals surface area (Å²) in [6, 6.07) is 12.2. The Morgan fingerprint density at radius 2 is 1.89 bits per heavy atom. The average molecular weight is 370 g/mol. The van der Waals surface area contributed by atoms with Gasteiger partial charge in [0.05, 0.1) is 7.11 Å². The molecule has 0 aliphatic carbocycles. The summed E-state index contributed by atoms with van der Waals surface area (Å²) >= 11 is 0. The van der Waals surface area contributed by atoms with E-state index in [2.05, 4.69) is 17.0 Å². The minimum atomic E-state index is 0.115. The highest BCUT2D eigenvalue weighted by Crippen LogP contribution is 2.20. The van der Waals surface area contributed by atoms with Crippen molar-refractivity contribution in [3.63, 3.8) is 0 Å². The maximum atomic E-state index is 12.6. The van der Waals surface area contributed by atoms with Crippen LogP contribution in [0.2, 0.25) is 0 Å². The standard InChI is InChI=1S/C22H31N3O2/c1-23-13-4-5-21(23)22(26)24(2)17-19-11-15-25(16-12-19)14-10-18-6-8-20(27-3)9-7-18/h4-9,13,19H,10-12,14-17H2,1-3H3. The molecule has 5 nitrogen and oxygen atoms in total. The lowest BCUT2D eigenvalue weighted by Gasteiger charge is -2.34. The first-order valence-electron chi connectivity index (χ1n) is 9.79. The first-order valence-corrected chi connectivity index (χ1v) is 9.79. The summed E-state index contributed by atoms with van der Waals surface area (Å²) in [6.07, 6.45) is 5.31.